The highest BCUT2D eigenvalue weighted by Gasteiger charge is 2.23. The van der Waals surface area contributed by atoms with Gasteiger partial charge in [-0.25, -0.2) is 14.2 Å². The normalized spacial score (nSPS) is 14.6. The SMILES string of the molecule is C#C/C=C/C(F)=C(\N=C\NC(=C)/C=C(\C(=N)CCC)N(C)/C=C(\C)N=C)NC(C)C(C)NC(=O)OC(C)(C)CC. The molecule has 0 aromatic rings. The minimum Gasteiger partial charge on any atom is -0.444 e. The van der Waals surface area contributed by atoms with Gasteiger partial charge >= 0.3 is 6.09 Å². The van der Waals surface area contributed by atoms with E-state index in [2.05, 4.69) is 45.2 Å². The summed E-state index contributed by atoms with van der Waals surface area (Å²) in [5.41, 5.74) is 1.54. The Morgan fingerprint density at radius 3 is 2.45 bits per heavy atom. The molecule has 4 N–H and O–H groups in total. The molecule has 0 bridgehead atoms. The highest BCUT2D eigenvalue weighted by atomic mass is 19.1. The number of hydrogen-bond acceptors (Lipinski definition) is 7. The molecule has 0 aromatic heterocycles. The van der Waals surface area contributed by atoms with Crippen molar-refractivity contribution in [1.29, 1.82) is 5.41 Å². The van der Waals surface area contributed by atoms with Crippen LogP contribution in [0.25, 0.3) is 0 Å². The molecule has 0 spiro atoms. The molecule has 0 radical (unpaired) electrons. The second kappa shape index (κ2) is 18.2. The van der Waals surface area contributed by atoms with Gasteiger partial charge in [0.05, 0.1) is 23.4 Å². The Bertz CT molecular complexity index is 1090. The third-order valence-corrected chi connectivity index (χ3v) is 5.81. The molecule has 2 atom stereocenters. The molecule has 0 saturated heterocycles. The first kappa shape index (κ1) is 35.9. The summed E-state index contributed by atoms with van der Waals surface area (Å²) in [5, 5.41) is 17.1. The number of allylic oxidation sites excluding steroid dienone is 6. The smallest absolute Gasteiger partial charge is 0.407 e. The number of hydrogen-bond donors (Lipinski definition) is 4. The van der Waals surface area contributed by atoms with Crippen molar-refractivity contribution >= 4 is 24.9 Å². The van der Waals surface area contributed by atoms with Gasteiger partial charge in [-0.2, -0.15) is 0 Å². The van der Waals surface area contributed by atoms with Gasteiger partial charge in [-0.05, 0) is 72.4 Å². The molecule has 0 rings (SSSR count). The molecule has 1 amide bonds. The third-order valence-electron chi connectivity index (χ3n) is 5.81. The molecule has 0 heterocycles. The minimum atomic E-state index is -0.700. The summed E-state index contributed by atoms with van der Waals surface area (Å²) >= 11 is 0. The maximum Gasteiger partial charge on any atom is 0.407 e. The lowest BCUT2D eigenvalue weighted by atomic mass is 10.1. The molecule has 0 aliphatic rings. The van der Waals surface area contributed by atoms with E-state index in [1.54, 1.807) is 45.0 Å². The summed E-state index contributed by atoms with van der Waals surface area (Å²) in [4.78, 5) is 22.1. The van der Waals surface area contributed by atoms with E-state index in [1.165, 1.54) is 12.4 Å². The molecule has 9 nitrogen and oxygen atoms in total. The summed E-state index contributed by atoms with van der Waals surface area (Å²) in [7, 11) is 1.81. The van der Waals surface area contributed by atoms with Crippen molar-refractivity contribution in [2.75, 3.05) is 7.05 Å². The van der Waals surface area contributed by atoms with Crippen LogP contribution in [0.4, 0.5) is 9.18 Å². The Morgan fingerprint density at radius 2 is 1.90 bits per heavy atom. The van der Waals surface area contributed by atoms with Crippen molar-refractivity contribution in [2.45, 2.75) is 85.4 Å². The van der Waals surface area contributed by atoms with Crippen LogP contribution in [-0.4, -0.2) is 54.5 Å². The number of carbonyl (C=O) groups excluding carboxylic acids is 1. The largest absolute Gasteiger partial charge is 0.444 e. The molecule has 0 aliphatic heterocycles. The van der Waals surface area contributed by atoms with E-state index >= 15 is 0 Å². The molecule has 40 heavy (non-hydrogen) atoms. The van der Waals surface area contributed by atoms with Gasteiger partial charge in [0.25, 0.3) is 0 Å². The topological polar surface area (TPSA) is 114 Å². The van der Waals surface area contributed by atoms with E-state index in [9.17, 15) is 9.18 Å². The zero-order valence-electron chi connectivity index (χ0n) is 25.2. The van der Waals surface area contributed by atoms with Crippen LogP contribution in [0, 0.1) is 17.8 Å². The number of halogens is 1. The molecule has 0 aliphatic carbocycles. The lowest BCUT2D eigenvalue weighted by Gasteiger charge is -2.27. The minimum absolute atomic E-state index is 0.106. The Kier molecular flexibility index (Phi) is 16.3. The summed E-state index contributed by atoms with van der Waals surface area (Å²) in [6.07, 6.45) is 13.8. The first-order chi connectivity index (χ1) is 18.7. The molecular formula is C30H46FN7O2. The zero-order chi connectivity index (χ0) is 30.9. The number of alkyl carbamates (subject to hydrolysis) is 1. The van der Waals surface area contributed by atoms with Gasteiger partial charge in [0.15, 0.2) is 11.6 Å². The Labute approximate surface area is 239 Å². The third kappa shape index (κ3) is 14.1. The summed E-state index contributed by atoms with van der Waals surface area (Å²) in [5.74, 6) is 1.44. The Balaban J connectivity index is 5.78. The molecule has 10 heteroatoms. The fraction of sp³-hybridized carbons (Fsp3) is 0.467. The van der Waals surface area contributed by atoms with Crippen LogP contribution >= 0.6 is 0 Å². The Morgan fingerprint density at radius 1 is 1.27 bits per heavy atom. The number of amides is 1. The van der Waals surface area contributed by atoms with E-state index in [4.69, 9.17) is 16.6 Å². The average Bonchev–Trinajstić information content (AvgIpc) is 2.88. The number of carbonyl (C=O) groups is 1. The maximum absolute atomic E-state index is 14.9. The molecular weight excluding hydrogens is 509 g/mol. The fourth-order valence-electron chi connectivity index (χ4n) is 2.93. The summed E-state index contributed by atoms with van der Waals surface area (Å²) in [6, 6.07) is -0.856. The van der Waals surface area contributed by atoms with E-state index in [-0.39, 0.29) is 5.82 Å². The quantitative estimate of drug-likeness (QED) is 0.0769. The van der Waals surface area contributed by atoms with E-state index in [0.717, 1.165) is 12.5 Å². The van der Waals surface area contributed by atoms with Gasteiger partial charge < -0.3 is 31.0 Å². The number of nitrogens with one attached hydrogen (secondary N) is 4. The predicted octanol–water partition coefficient (Wildman–Crippen LogP) is 5.92. The van der Waals surface area contributed by atoms with Gasteiger partial charge in [0.1, 0.15) is 5.60 Å². The van der Waals surface area contributed by atoms with E-state index in [1.807, 2.05) is 27.7 Å². The van der Waals surface area contributed by atoms with Gasteiger partial charge in [-0.3, -0.25) is 4.99 Å². The van der Waals surface area contributed by atoms with Crippen LogP contribution in [-0.2, 0) is 4.74 Å². The lowest BCUT2D eigenvalue weighted by molar-refractivity contribution is 0.0340. The molecule has 0 saturated carbocycles. The summed E-state index contributed by atoms with van der Waals surface area (Å²) < 4.78 is 20.3. The number of rotatable bonds is 17. The number of ether oxygens (including phenoxy) is 1. The standard InChI is InChI=1S/C30H46FN7O2/c1-12-15-17-25(31)28(36-23(6)24(7)37-29(39)40-30(8,9)14-3)35-20-34-21(4)18-27(26(32)16-13-2)38(11)19-22(5)33-10/h1,15,17-20,23-24,32,36H,4,10,13-14,16H2,2-3,5-9,11H3,(H,34,35)(H,37,39)/b17-15+,22-19+,27-18+,28-25-,32-26?. The molecule has 2 unspecified atom stereocenters. The first-order valence-corrected chi connectivity index (χ1v) is 13.1. The van der Waals surface area contributed by atoms with Crippen LogP contribution in [0.5, 0.6) is 0 Å². The first-order valence-electron chi connectivity index (χ1n) is 13.1. The van der Waals surface area contributed by atoms with Crippen molar-refractivity contribution in [2.24, 2.45) is 9.98 Å². The second-order valence-corrected chi connectivity index (χ2v) is 9.79. The predicted molar refractivity (Wildman–Crippen MR) is 165 cm³/mol. The van der Waals surface area contributed by atoms with E-state index < -0.39 is 29.6 Å². The van der Waals surface area contributed by atoms with Crippen molar-refractivity contribution in [3.8, 4) is 12.3 Å². The van der Waals surface area contributed by atoms with Crippen LogP contribution in [0.2, 0.25) is 0 Å². The highest BCUT2D eigenvalue weighted by Crippen LogP contribution is 2.15. The van der Waals surface area contributed by atoms with Crippen LogP contribution in [0.15, 0.2) is 69.7 Å². The molecule has 0 aromatic carbocycles. The van der Waals surface area contributed by atoms with Crippen molar-refractivity contribution in [3.63, 3.8) is 0 Å². The molecule has 220 valence electrons. The van der Waals surface area contributed by atoms with Crippen molar-refractivity contribution < 1.29 is 13.9 Å². The summed E-state index contributed by atoms with van der Waals surface area (Å²) in [6.45, 7) is 20.4. The van der Waals surface area contributed by atoms with Crippen molar-refractivity contribution in [1.82, 2.24) is 20.9 Å². The van der Waals surface area contributed by atoms with Crippen molar-refractivity contribution in [3.05, 3.63) is 59.7 Å². The maximum atomic E-state index is 14.9. The van der Waals surface area contributed by atoms with Crippen LogP contribution in [0.3, 0.4) is 0 Å². The average molecular weight is 556 g/mol. The van der Waals surface area contributed by atoms with Gasteiger partial charge in [0, 0.05) is 31.0 Å². The van der Waals surface area contributed by atoms with Gasteiger partial charge in [0.2, 0.25) is 0 Å². The zero-order valence-corrected chi connectivity index (χ0v) is 25.2. The molecule has 0 fully saturated rings. The number of nitrogens with zero attached hydrogens (tertiary/aromatic N) is 3. The van der Waals surface area contributed by atoms with Crippen LogP contribution < -0.4 is 16.0 Å². The van der Waals surface area contributed by atoms with E-state index in [0.29, 0.717) is 35.6 Å². The van der Waals surface area contributed by atoms with Crippen LogP contribution in [0.1, 0.15) is 67.7 Å². The number of terminal acetylenes is 1. The second-order valence-electron chi connectivity index (χ2n) is 9.79. The van der Waals surface area contributed by atoms with Gasteiger partial charge in [-0.1, -0.05) is 32.8 Å². The highest BCUT2D eigenvalue weighted by molar-refractivity contribution is 5.97. The Hall–Kier alpha value is -4.13. The monoisotopic (exact) mass is 555 g/mol. The lowest BCUT2D eigenvalue weighted by Crippen LogP contribution is -2.48. The number of aliphatic imine (C=N–C) groups is 2. The fourth-order valence-corrected chi connectivity index (χ4v) is 2.93. The van der Waals surface area contributed by atoms with Gasteiger partial charge in [-0.15, -0.1) is 6.42 Å².